The SMILES string of the molecule is CC(C)[C@H](C)OC(=O)N[C@H]1CCCCC/C=C\[C@@H]2C[C@@]2(C(=O)N2C3(CC3)S2(=O)=O)NC(=O)[C@@H]2C[C@]3(CCc4c(c(C(F)(F)F)nc5ccc(OC6CCN(C(=O)OC(C)(C)C)CC6)cc45)O3)CN2C1=O. The highest BCUT2D eigenvalue weighted by molar-refractivity contribution is 7.98. The molecule has 382 valence electrons. The predicted octanol–water partition coefficient (Wildman–Crippen LogP) is 6.89. The molecule has 9 rings (SSSR count). The fourth-order valence-corrected chi connectivity index (χ4v) is 12.6. The van der Waals surface area contributed by atoms with Gasteiger partial charge in [0.2, 0.25) is 11.8 Å². The van der Waals surface area contributed by atoms with Crippen LogP contribution in [0, 0.1) is 11.8 Å². The number of nitrogens with zero attached hydrogens (tertiary/aromatic N) is 4. The Kier molecular flexibility index (Phi) is 12.6. The second-order valence-corrected chi connectivity index (χ2v) is 23.7. The molecule has 5 aliphatic heterocycles. The summed E-state index contributed by atoms with van der Waals surface area (Å²) in [5.41, 5.74) is -4.84. The quantitative estimate of drug-likeness (QED) is 0.224. The minimum Gasteiger partial charge on any atom is -0.490 e. The molecule has 2 aromatic rings. The van der Waals surface area contributed by atoms with Crippen LogP contribution in [0.2, 0.25) is 0 Å². The van der Waals surface area contributed by atoms with Gasteiger partial charge in [0.1, 0.15) is 46.8 Å². The van der Waals surface area contributed by atoms with E-state index in [1.54, 1.807) is 44.7 Å². The van der Waals surface area contributed by atoms with E-state index in [0.29, 0.717) is 75.6 Å². The monoisotopic (exact) mass is 1000 g/mol. The Labute approximate surface area is 405 Å². The third-order valence-electron chi connectivity index (χ3n) is 15.0. The number of carbonyl (C=O) groups is 5. The first kappa shape index (κ1) is 49.6. The van der Waals surface area contributed by atoms with Gasteiger partial charge in [0.05, 0.1) is 12.1 Å². The number of halogens is 3. The number of rotatable bonds is 6. The van der Waals surface area contributed by atoms with Gasteiger partial charge in [-0.3, -0.25) is 14.4 Å². The number of ether oxygens (including phenoxy) is 4. The van der Waals surface area contributed by atoms with Crippen molar-refractivity contribution >= 4 is 50.8 Å². The lowest BCUT2D eigenvalue weighted by Gasteiger charge is -2.37. The number of carbonyl (C=O) groups excluding carboxylic acids is 5. The Bertz CT molecular complexity index is 2610. The first-order chi connectivity index (χ1) is 32.9. The summed E-state index contributed by atoms with van der Waals surface area (Å²) >= 11 is 0. The van der Waals surface area contributed by atoms with Gasteiger partial charge in [0, 0.05) is 49.2 Å². The van der Waals surface area contributed by atoms with Gasteiger partial charge in [-0.15, -0.1) is 0 Å². The predicted molar refractivity (Wildman–Crippen MR) is 247 cm³/mol. The van der Waals surface area contributed by atoms with Gasteiger partial charge in [-0.1, -0.05) is 38.8 Å². The lowest BCUT2D eigenvalue weighted by atomic mass is 9.87. The van der Waals surface area contributed by atoms with Crippen LogP contribution in [0.1, 0.15) is 130 Å². The number of benzene rings is 1. The number of hydrogen-bond acceptors (Lipinski definition) is 12. The van der Waals surface area contributed by atoms with E-state index in [4.69, 9.17) is 18.9 Å². The smallest absolute Gasteiger partial charge is 0.437 e. The highest BCUT2D eigenvalue weighted by Gasteiger charge is 2.83. The zero-order valence-corrected chi connectivity index (χ0v) is 41.3. The third kappa shape index (κ3) is 9.35. The maximum Gasteiger partial charge on any atom is 0.437 e. The van der Waals surface area contributed by atoms with Crippen LogP contribution in [0.15, 0.2) is 30.4 Å². The van der Waals surface area contributed by atoms with Crippen molar-refractivity contribution in [2.75, 3.05) is 19.6 Å². The molecule has 1 aromatic heterocycles. The molecule has 7 aliphatic rings. The number of aromatic nitrogens is 1. The summed E-state index contributed by atoms with van der Waals surface area (Å²) in [6.07, 6.45) is 0.775. The van der Waals surface area contributed by atoms with Crippen molar-refractivity contribution in [2.45, 2.75) is 177 Å². The van der Waals surface area contributed by atoms with Gasteiger partial charge in [0.25, 0.3) is 15.9 Å². The Balaban J connectivity index is 1.03. The summed E-state index contributed by atoms with van der Waals surface area (Å²) in [4.78, 5) is 75.8. The van der Waals surface area contributed by atoms with E-state index in [1.807, 2.05) is 26.0 Å². The van der Waals surface area contributed by atoms with Crippen LogP contribution in [0.4, 0.5) is 22.8 Å². The van der Waals surface area contributed by atoms with Crippen LogP contribution in [0.5, 0.6) is 11.5 Å². The number of nitrogens with one attached hydrogen (secondary N) is 2. The fraction of sp³-hybridized carbons (Fsp3) is 0.673. The zero-order valence-electron chi connectivity index (χ0n) is 40.5. The molecule has 0 bridgehead atoms. The number of sulfonamides is 1. The molecule has 2 aliphatic carbocycles. The standard InChI is InChI=1S/C49H63F3N6O11S/c1-28(2)29(3)66-43(62)54-36-13-11-9-7-8-10-12-30-25-48(30,42(61)58-47(20-21-47)70(58,64)65)55-40(59)37-26-46(27-57(37)41(36)60)19-16-33-34-24-32(14-15-35(34)53-39(38(33)68-46)49(50,51)52)67-31-17-22-56(23-18-31)44(63)69-45(4,5)6/h10,12,14-15,24,28-31,36-37H,7-9,11,13,16-23,25-27H2,1-6H3,(H,54,62)(H,55,59)/b12-10-/t29-,30+,36-,37-,46+,48+,58?/m0/s1. The van der Waals surface area contributed by atoms with Gasteiger partial charge >= 0.3 is 18.4 Å². The third-order valence-corrected chi connectivity index (χ3v) is 17.4. The van der Waals surface area contributed by atoms with Gasteiger partial charge in [-0.05, 0) is 103 Å². The van der Waals surface area contributed by atoms with E-state index in [-0.39, 0.29) is 61.8 Å². The molecule has 0 radical (unpaired) electrons. The number of hydrogen-bond donors (Lipinski definition) is 2. The van der Waals surface area contributed by atoms with E-state index in [0.717, 1.165) is 4.31 Å². The summed E-state index contributed by atoms with van der Waals surface area (Å²) < 4.78 is 96.4. The topological polar surface area (TPSA) is 203 Å². The number of alkyl carbamates (subject to hydrolysis) is 1. The summed E-state index contributed by atoms with van der Waals surface area (Å²) in [5, 5.41) is 5.95. The molecule has 2 N–H and O–H groups in total. The van der Waals surface area contributed by atoms with Crippen molar-refractivity contribution in [3.05, 3.63) is 41.6 Å². The van der Waals surface area contributed by atoms with Crippen molar-refractivity contribution < 1.29 is 64.5 Å². The average molecular weight is 1000 g/mol. The van der Waals surface area contributed by atoms with Crippen LogP contribution in [0.3, 0.4) is 0 Å². The Hall–Kier alpha value is -5.34. The molecule has 5 fully saturated rings. The molecular formula is C49H63F3N6O11S. The zero-order chi connectivity index (χ0) is 50.3. The molecule has 2 saturated carbocycles. The normalized spacial score (nSPS) is 29.4. The van der Waals surface area contributed by atoms with Crippen LogP contribution >= 0.6 is 0 Å². The van der Waals surface area contributed by atoms with Crippen molar-refractivity contribution in [1.82, 2.24) is 29.7 Å². The number of allylic oxidation sites excluding steroid dienone is 1. The number of pyridine rings is 1. The molecule has 70 heavy (non-hydrogen) atoms. The molecule has 6 heterocycles. The summed E-state index contributed by atoms with van der Waals surface area (Å²) in [6, 6.07) is 2.04. The molecule has 17 nitrogen and oxygen atoms in total. The fourth-order valence-electron chi connectivity index (χ4n) is 10.5. The minimum atomic E-state index is -4.98. The van der Waals surface area contributed by atoms with E-state index in [2.05, 4.69) is 15.6 Å². The number of likely N-dealkylation sites (tertiary alicyclic amines) is 1. The molecule has 5 amide bonds. The van der Waals surface area contributed by atoms with Crippen LogP contribution in [0.25, 0.3) is 10.9 Å². The van der Waals surface area contributed by atoms with E-state index in [1.165, 1.54) is 11.0 Å². The lowest BCUT2D eigenvalue weighted by Crippen LogP contribution is -2.57. The number of alkyl halides is 3. The maximum atomic E-state index is 15.1. The van der Waals surface area contributed by atoms with Gasteiger partial charge < -0.3 is 39.4 Å². The Morgan fingerprint density at radius 2 is 1.71 bits per heavy atom. The molecule has 1 aromatic carbocycles. The van der Waals surface area contributed by atoms with Crippen molar-refractivity contribution in [1.29, 1.82) is 0 Å². The number of fused-ring (bicyclic) bond motifs is 5. The highest BCUT2D eigenvalue weighted by Crippen LogP contribution is 2.64. The Morgan fingerprint density at radius 1 is 0.986 bits per heavy atom. The van der Waals surface area contributed by atoms with Crippen molar-refractivity contribution in [2.24, 2.45) is 11.8 Å². The van der Waals surface area contributed by atoms with Gasteiger partial charge in [-0.2, -0.15) is 13.2 Å². The minimum absolute atomic E-state index is 0.0246. The maximum absolute atomic E-state index is 15.1. The van der Waals surface area contributed by atoms with Crippen LogP contribution < -0.4 is 20.1 Å². The molecular weight excluding hydrogens is 938 g/mol. The molecule has 2 spiro atoms. The lowest BCUT2D eigenvalue weighted by molar-refractivity contribution is -0.144. The second-order valence-electron chi connectivity index (χ2n) is 21.6. The summed E-state index contributed by atoms with van der Waals surface area (Å²) in [5.74, 6) is -2.97. The van der Waals surface area contributed by atoms with E-state index in [9.17, 15) is 32.4 Å². The largest absolute Gasteiger partial charge is 0.490 e. The van der Waals surface area contributed by atoms with Crippen LogP contribution in [-0.4, -0.2) is 123 Å². The Morgan fingerprint density at radius 3 is 2.37 bits per heavy atom. The second kappa shape index (κ2) is 17.8. The summed E-state index contributed by atoms with van der Waals surface area (Å²) in [6.45, 7) is 11.3. The number of amides is 5. The van der Waals surface area contributed by atoms with E-state index >= 15 is 13.2 Å². The molecule has 0 unspecified atom stereocenters. The van der Waals surface area contributed by atoms with Gasteiger partial charge in [-0.25, -0.2) is 27.3 Å². The number of aryl methyl sites for hydroxylation is 1. The first-order valence-electron chi connectivity index (χ1n) is 24.6. The highest BCUT2D eigenvalue weighted by atomic mass is 32.2. The van der Waals surface area contributed by atoms with Crippen molar-refractivity contribution in [3.8, 4) is 11.5 Å². The number of piperidine rings is 1. The van der Waals surface area contributed by atoms with Crippen molar-refractivity contribution in [3.63, 3.8) is 0 Å². The average Bonchev–Trinajstić information content (AvgIpc) is 4.23. The molecule has 6 atom stereocenters. The van der Waals surface area contributed by atoms with Crippen LogP contribution in [-0.2, 0) is 46.5 Å². The summed E-state index contributed by atoms with van der Waals surface area (Å²) in [7, 11) is -3.88. The first-order valence-corrected chi connectivity index (χ1v) is 26.0. The van der Waals surface area contributed by atoms with E-state index < -0.39 is 103 Å². The molecule has 21 heteroatoms. The molecule has 3 saturated heterocycles. The van der Waals surface area contributed by atoms with Gasteiger partial charge in [0.15, 0.2) is 16.3 Å².